The zero-order valence-electron chi connectivity index (χ0n) is 21.1. The van der Waals surface area contributed by atoms with E-state index in [1.165, 1.54) is 36.5 Å². The lowest BCUT2D eigenvalue weighted by molar-refractivity contribution is -0.278. The number of ether oxygens (including phenoxy) is 2. The number of benzene rings is 1. The van der Waals surface area contributed by atoms with Crippen molar-refractivity contribution < 1.29 is 75.4 Å². The largest absolute Gasteiger partial charge is 0.490 e. The number of carbonyl (C=O) groups excluding carboxylic acids is 1. The molecule has 1 saturated heterocycles. The zero-order valence-corrected chi connectivity index (χ0v) is 21.9. The Bertz CT molecular complexity index is 1600. The summed E-state index contributed by atoms with van der Waals surface area (Å²) in [6.07, 6.45) is -11.9. The van der Waals surface area contributed by atoms with Crippen molar-refractivity contribution in [3.63, 3.8) is 0 Å². The fourth-order valence-electron chi connectivity index (χ4n) is 3.56. The average Bonchev–Trinajstić information content (AvgIpc) is 3.40. The predicted molar refractivity (Wildman–Crippen MR) is 130 cm³/mol. The van der Waals surface area contributed by atoms with Gasteiger partial charge in [0.2, 0.25) is 6.29 Å². The van der Waals surface area contributed by atoms with Gasteiger partial charge in [-0.2, -0.15) is 13.2 Å². The van der Waals surface area contributed by atoms with Gasteiger partial charge in [0.1, 0.15) is 29.0 Å². The van der Waals surface area contributed by atoms with E-state index in [9.17, 15) is 50.9 Å². The van der Waals surface area contributed by atoms with E-state index in [-0.39, 0.29) is 16.2 Å². The Morgan fingerprint density at radius 3 is 2.14 bits per heavy atom. The fourth-order valence-corrected chi connectivity index (χ4v) is 4.89. The highest BCUT2D eigenvalue weighted by Gasteiger charge is 2.48. The molecule has 232 valence electrons. The predicted octanol–water partition coefficient (Wildman–Crippen LogP) is 0.608. The second-order valence-electron chi connectivity index (χ2n) is 8.53. The first-order chi connectivity index (χ1) is 20.0. The number of aliphatic carboxylic acids is 2. The first-order valence-electron chi connectivity index (χ1n) is 11.5. The summed E-state index contributed by atoms with van der Waals surface area (Å²) in [5, 5.41) is 46.0. The van der Waals surface area contributed by atoms with Crippen LogP contribution >= 0.6 is 0 Å². The molecule has 1 unspecified atom stereocenters. The van der Waals surface area contributed by atoms with Crippen LogP contribution in [0.5, 0.6) is 0 Å². The average molecular weight is 636 g/mol. The van der Waals surface area contributed by atoms with Gasteiger partial charge in [-0.1, -0.05) is 12.1 Å². The number of carbonyl (C=O) groups is 3. The molecule has 1 aliphatic rings. The lowest BCUT2D eigenvalue weighted by Crippen LogP contribution is -2.60. The van der Waals surface area contributed by atoms with Crippen molar-refractivity contribution in [3.8, 4) is 11.3 Å². The van der Waals surface area contributed by atoms with Crippen molar-refractivity contribution in [1.82, 2.24) is 8.96 Å². The number of hydrogen-bond acceptors (Lipinski definition) is 11. The van der Waals surface area contributed by atoms with Gasteiger partial charge in [0.15, 0.2) is 6.10 Å². The number of nitrogens with zero attached hydrogens (tertiary/aromatic N) is 2. The van der Waals surface area contributed by atoms with Crippen LogP contribution in [0.25, 0.3) is 11.3 Å². The van der Waals surface area contributed by atoms with Crippen LogP contribution in [0.2, 0.25) is 0 Å². The molecule has 0 spiro atoms. The Hall–Kier alpha value is -4.43. The van der Waals surface area contributed by atoms with Crippen molar-refractivity contribution in [2.75, 3.05) is 0 Å². The summed E-state index contributed by atoms with van der Waals surface area (Å²) < 4.78 is 83.4. The molecule has 5 N–H and O–H groups in total. The molecular formula is C24H20F4N2O12S. The number of rotatable bonds is 6. The highest BCUT2D eigenvalue weighted by atomic mass is 32.2. The van der Waals surface area contributed by atoms with E-state index in [1.807, 2.05) is 0 Å². The van der Waals surface area contributed by atoms with Crippen molar-refractivity contribution in [2.24, 2.45) is 0 Å². The quantitative estimate of drug-likeness (QED) is 0.185. The molecule has 1 fully saturated rings. The normalized spacial score (nSPS) is 22.2. The van der Waals surface area contributed by atoms with E-state index in [0.29, 0.717) is 3.97 Å². The summed E-state index contributed by atoms with van der Waals surface area (Å²) in [6, 6.07) is 8.85. The maximum atomic E-state index is 14.6. The third-order valence-corrected chi connectivity index (χ3v) is 7.30. The molecule has 0 amide bonds. The Kier molecular flexibility index (Phi) is 9.87. The summed E-state index contributed by atoms with van der Waals surface area (Å²) in [4.78, 5) is 36.5. The van der Waals surface area contributed by atoms with Crippen molar-refractivity contribution >= 4 is 27.9 Å². The number of halogens is 4. The van der Waals surface area contributed by atoms with Gasteiger partial charge in [-0.15, -0.1) is 0 Å². The van der Waals surface area contributed by atoms with Crippen LogP contribution in [0.15, 0.2) is 66.0 Å². The number of hydrogen-bond donors (Lipinski definition) is 5. The lowest BCUT2D eigenvalue weighted by atomic mass is 9.99. The van der Waals surface area contributed by atoms with Crippen LogP contribution in [-0.4, -0.2) is 97.7 Å². The number of carboxylic acid groups (broad SMARTS) is 2. The Balaban J connectivity index is 0.000000646. The summed E-state index contributed by atoms with van der Waals surface area (Å²) in [6.45, 7) is 0. The standard InChI is InChI=1S/C22H19FN2O10S.C2HF3O2/c23-14-6-2-1-5-13(14)15-8-11(10-25(15)36(32,33)12-4-3-7-24-9-12)21(31)35-22-18(28)16(26)17(27)19(34-22)20(29)30;3-2(4,5)1(6)7/h1-10,16-19,22,26-28H,(H,29,30);(H,6,7)/t16-,17-,18+,19-,22?;/m0./s1. The molecule has 3 aromatic rings. The highest BCUT2D eigenvalue weighted by Crippen LogP contribution is 2.30. The Morgan fingerprint density at radius 2 is 1.60 bits per heavy atom. The number of pyridine rings is 1. The molecule has 1 aromatic carbocycles. The second-order valence-corrected chi connectivity index (χ2v) is 10.3. The molecule has 0 bridgehead atoms. The molecule has 5 atom stereocenters. The number of aliphatic hydroxyl groups excluding tert-OH is 3. The monoisotopic (exact) mass is 636 g/mol. The maximum Gasteiger partial charge on any atom is 0.490 e. The van der Waals surface area contributed by atoms with E-state index in [0.717, 1.165) is 24.5 Å². The molecule has 0 aliphatic carbocycles. The Labute approximate surface area is 238 Å². The number of alkyl halides is 3. The van der Waals surface area contributed by atoms with Crippen molar-refractivity contribution in [2.45, 2.75) is 41.8 Å². The van der Waals surface area contributed by atoms with E-state index < -0.39 is 76.2 Å². The minimum absolute atomic E-state index is 0.164. The van der Waals surface area contributed by atoms with Gasteiger partial charge < -0.3 is 35.0 Å². The smallest absolute Gasteiger partial charge is 0.479 e. The molecule has 0 saturated carbocycles. The summed E-state index contributed by atoms with van der Waals surface area (Å²) in [7, 11) is -4.38. The van der Waals surface area contributed by atoms with Gasteiger partial charge in [-0.25, -0.2) is 31.2 Å². The van der Waals surface area contributed by atoms with E-state index in [1.54, 1.807) is 0 Å². The van der Waals surface area contributed by atoms with Crippen molar-refractivity contribution in [3.05, 3.63) is 72.4 Å². The van der Waals surface area contributed by atoms with E-state index in [2.05, 4.69) is 4.98 Å². The summed E-state index contributed by atoms with van der Waals surface area (Å²) >= 11 is 0. The van der Waals surface area contributed by atoms with Crippen LogP contribution in [0.3, 0.4) is 0 Å². The molecule has 14 nitrogen and oxygen atoms in total. The molecule has 3 heterocycles. The molecular weight excluding hydrogens is 616 g/mol. The van der Waals surface area contributed by atoms with Crippen molar-refractivity contribution in [1.29, 1.82) is 0 Å². The number of carboxylic acids is 2. The van der Waals surface area contributed by atoms with Crippen LogP contribution in [0, 0.1) is 5.82 Å². The van der Waals surface area contributed by atoms with Gasteiger partial charge >= 0.3 is 24.1 Å². The molecule has 4 rings (SSSR count). The third kappa shape index (κ3) is 7.32. The van der Waals surface area contributed by atoms with E-state index >= 15 is 0 Å². The van der Waals surface area contributed by atoms with E-state index in [4.69, 9.17) is 24.5 Å². The van der Waals surface area contributed by atoms with Gasteiger partial charge in [0.25, 0.3) is 10.0 Å². The number of aromatic nitrogens is 2. The molecule has 1 aliphatic heterocycles. The number of aliphatic hydroxyl groups is 3. The first kappa shape index (κ1) is 33.1. The second kappa shape index (κ2) is 12.8. The van der Waals surface area contributed by atoms with Gasteiger partial charge in [-0.05, 0) is 30.3 Å². The number of esters is 1. The SMILES string of the molecule is O=C(O)C(F)(F)F.O=C(OC1O[C@H](C(=O)O)[C@@H](O)[C@H](O)[C@H]1O)c1cc(-c2ccccc2F)n(S(=O)(=O)c2cccnc2)c1. The first-order valence-corrected chi connectivity index (χ1v) is 13.0. The third-order valence-electron chi connectivity index (χ3n) is 5.64. The molecule has 43 heavy (non-hydrogen) atoms. The highest BCUT2D eigenvalue weighted by molar-refractivity contribution is 7.90. The topological polar surface area (TPSA) is 223 Å². The van der Waals surface area contributed by atoms with Crippen LogP contribution in [0.4, 0.5) is 17.6 Å². The van der Waals surface area contributed by atoms with Gasteiger partial charge in [-0.3, -0.25) is 4.98 Å². The van der Waals surface area contributed by atoms with Gasteiger partial charge in [0, 0.05) is 24.2 Å². The molecule has 2 aromatic heterocycles. The zero-order chi connectivity index (χ0) is 32.3. The van der Waals surface area contributed by atoms with Gasteiger partial charge in [0.05, 0.1) is 11.3 Å². The van der Waals surface area contributed by atoms with Crippen LogP contribution in [-0.2, 0) is 29.1 Å². The minimum Gasteiger partial charge on any atom is -0.479 e. The molecule has 19 heteroatoms. The van der Waals surface area contributed by atoms with Crippen LogP contribution in [0.1, 0.15) is 10.4 Å². The molecule has 0 radical (unpaired) electrons. The summed E-state index contributed by atoms with van der Waals surface area (Å²) in [5.74, 6) is -6.52. The lowest BCUT2D eigenvalue weighted by Gasteiger charge is -2.37. The minimum atomic E-state index is -5.08. The summed E-state index contributed by atoms with van der Waals surface area (Å²) in [5.41, 5.74) is -0.834. The fraction of sp³-hybridized carbons (Fsp3) is 0.250. The Morgan fingerprint density at radius 1 is 0.977 bits per heavy atom. The maximum absolute atomic E-state index is 14.6. The van der Waals surface area contributed by atoms with Crippen LogP contribution < -0.4 is 0 Å².